The van der Waals surface area contributed by atoms with Crippen LogP contribution in [0.3, 0.4) is 0 Å². The Hall–Kier alpha value is -3.23. The Bertz CT molecular complexity index is 1020. The van der Waals surface area contributed by atoms with Gasteiger partial charge in [0.15, 0.2) is 0 Å². The molecule has 0 saturated carbocycles. The van der Waals surface area contributed by atoms with Gasteiger partial charge in [0.2, 0.25) is 6.08 Å². The van der Waals surface area contributed by atoms with Crippen molar-refractivity contribution in [3.05, 3.63) is 31.5 Å². The van der Waals surface area contributed by atoms with Crippen molar-refractivity contribution in [2.45, 2.75) is 103 Å². The van der Waals surface area contributed by atoms with Crippen molar-refractivity contribution in [3.63, 3.8) is 0 Å². The number of hydrogen-bond donors (Lipinski definition) is 0. The molecule has 1 aromatic rings. The maximum absolute atomic E-state index is 12.9. The van der Waals surface area contributed by atoms with Crippen LogP contribution in [0.4, 0.5) is 0 Å². The third-order valence-electron chi connectivity index (χ3n) is 5.44. The summed E-state index contributed by atoms with van der Waals surface area (Å²) >= 11 is 0. The average Bonchev–Trinajstić information content (AvgIpc) is 2.81. The summed E-state index contributed by atoms with van der Waals surface area (Å²) in [6.45, 7) is 1.10. The minimum absolute atomic E-state index is 0.218. The van der Waals surface area contributed by atoms with Crippen molar-refractivity contribution in [2.24, 2.45) is 4.99 Å². The highest BCUT2D eigenvalue weighted by atomic mass is 16.2. The molecule has 0 radical (unpaired) electrons. The van der Waals surface area contributed by atoms with E-state index in [1.54, 1.807) is 0 Å². The second-order valence-corrected chi connectivity index (χ2v) is 7.98. The van der Waals surface area contributed by atoms with Crippen molar-refractivity contribution in [1.82, 2.24) is 13.7 Å². The molecule has 1 aromatic heterocycles. The summed E-state index contributed by atoms with van der Waals surface area (Å²) in [5.74, 6) is 0. The van der Waals surface area contributed by atoms with Gasteiger partial charge in [0, 0.05) is 32.5 Å². The van der Waals surface area contributed by atoms with Crippen LogP contribution < -0.4 is 17.1 Å². The summed E-state index contributed by atoms with van der Waals surface area (Å²) in [6, 6.07) is 4.18. The third kappa shape index (κ3) is 10.3. The van der Waals surface area contributed by atoms with E-state index >= 15 is 0 Å². The Morgan fingerprint density at radius 2 is 0.939 bits per heavy atom. The number of hydrogen-bond acceptors (Lipinski definition) is 7. The molecule has 0 aliphatic rings. The lowest BCUT2D eigenvalue weighted by Crippen LogP contribution is -2.54. The first kappa shape index (κ1) is 27.8. The van der Waals surface area contributed by atoms with Gasteiger partial charge in [0.1, 0.15) is 0 Å². The van der Waals surface area contributed by atoms with Gasteiger partial charge in [-0.1, -0.05) is 32.1 Å². The van der Waals surface area contributed by atoms with Gasteiger partial charge in [-0.15, -0.1) is 0 Å². The molecule has 1 rings (SSSR count). The van der Waals surface area contributed by atoms with Gasteiger partial charge in [-0.05, 0) is 38.5 Å². The maximum atomic E-state index is 12.9. The zero-order chi connectivity index (χ0) is 24.3. The molecule has 0 atom stereocenters. The van der Waals surface area contributed by atoms with Crippen molar-refractivity contribution >= 4 is 6.08 Å². The Labute approximate surface area is 193 Å². The molecule has 1 heterocycles. The summed E-state index contributed by atoms with van der Waals surface area (Å²) in [4.78, 5) is 52.3. The highest BCUT2D eigenvalue weighted by molar-refractivity contribution is 5.32. The lowest BCUT2D eigenvalue weighted by atomic mass is 10.1. The standard InChI is InChI=1S/C23H34N6O4/c24-14-8-2-1-5-11-17-27-21(31)28(18-12-6-3-9-15-25)23(33)29(22(27)32)19-13-7-4-10-16-26-20-30/h1-13,16-19H2. The minimum Gasteiger partial charge on any atom is -0.247 e. The summed E-state index contributed by atoms with van der Waals surface area (Å²) < 4.78 is 3.44. The summed E-state index contributed by atoms with van der Waals surface area (Å²) in [5, 5.41) is 17.3. The molecule has 0 N–H and O–H groups in total. The number of unbranched alkanes of at least 4 members (excludes halogenated alkanes) is 10. The van der Waals surface area contributed by atoms with E-state index in [4.69, 9.17) is 10.5 Å². The number of carbonyl (C=O) groups excluding carboxylic acids is 1. The van der Waals surface area contributed by atoms with Crippen LogP contribution in [0.1, 0.15) is 83.5 Å². The van der Waals surface area contributed by atoms with E-state index in [0.29, 0.717) is 45.1 Å². The monoisotopic (exact) mass is 458 g/mol. The lowest BCUT2D eigenvalue weighted by Gasteiger charge is -2.14. The van der Waals surface area contributed by atoms with Crippen LogP contribution in [0, 0.1) is 22.7 Å². The van der Waals surface area contributed by atoms with Crippen molar-refractivity contribution < 1.29 is 4.79 Å². The number of aliphatic imine (C=N–C) groups is 1. The molecule has 0 aliphatic carbocycles. The van der Waals surface area contributed by atoms with Gasteiger partial charge in [-0.3, -0.25) is 0 Å². The van der Waals surface area contributed by atoms with Crippen LogP contribution in [0.5, 0.6) is 0 Å². The molecule has 0 saturated heterocycles. The van der Waals surface area contributed by atoms with Gasteiger partial charge < -0.3 is 0 Å². The van der Waals surface area contributed by atoms with E-state index in [0.717, 1.165) is 58.6 Å². The fourth-order valence-corrected chi connectivity index (χ4v) is 3.59. The number of rotatable bonds is 18. The molecule has 33 heavy (non-hydrogen) atoms. The van der Waals surface area contributed by atoms with Gasteiger partial charge in [-0.2, -0.15) is 10.5 Å². The Morgan fingerprint density at radius 1 is 0.576 bits per heavy atom. The largest absolute Gasteiger partial charge is 0.336 e. The minimum atomic E-state index is -0.582. The normalized spacial score (nSPS) is 10.4. The van der Waals surface area contributed by atoms with Gasteiger partial charge in [0.05, 0.1) is 18.7 Å². The maximum Gasteiger partial charge on any atom is 0.336 e. The SMILES string of the molecule is N#CCCCCCCn1c(=O)n(CCCCCC#N)c(=O)n(CCCCCCN=C=O)c1=O. The smallest absolute Gasteiger partial charge is 0.247 e. The van der Waals surface area contributed by atoms with Crippen LogP contribution in [0.15, 0.2) is 19.4 Å². The van der Waals surface area contributed by atoms with E-state index in [2.05, 4.69) is 17.1 Å². The first-order valence-electron chi connectivity index (χ1n) is 11.8. The number of nitrogens with zero attached hydrogens (tertiary/aromatic N) is 6. The van der Waals surface area contributed by atoms with E-state index in [1.165, 1.54) is 6.08 Å². The molecule has 0 fully saturated rings. The molecule has 0 spiro atoms. The molecule has 10 nitrogen and oxygen atoms in total. The van der Waals surface area contributed by atoms with Gasteiger partial charge in [0.25, 0.3) is 0 Å². The zero-order valence-corrected chi connectivity index (χ0v) is 19.3. The molecule has 0 amide bonds. The van der Waals surface area contributed by atoms with E-state index < -0.39 is 17.1 Å². The molecule has 0 bridgehead atoms. The third-order valence-corrected chi connectivity index (χ3v) is 5.44. The molecule has 10 heteroatoms. The van der Waals surface area contributed by atoms with Gasteiger partial charge >= 0.3 is 17.1 Å². The van der Waals surface area contributed by atoms with Crippen LogP contribution in [0.2, 0.25) is 0 Å². The number of aromatic nitrogens is 3. The molecular weight excluding hydrogens is 424 g/mol. The molecular formula is C23H34N6O4. The van der Waals surface area contributed by atoms with Crippen LogP contribution in [-0.4, -0.2) is 26.3 Å². The summed E-state index contributed by atoms with van der Waals surface area (Å²) in [7, 11) is 0. The molecule has 0 unspecified atom stereocenters. The van der Waals surface area contributed by atoms with E-state index in [9.17, 15) is 19.2 Å². The van der Waals surface area contributed by atoms with Crippen molar-refractivity contribution in [1.29, 1.82) is 10.5 Å². The van der Waals surface area contributed by atoms with Crippen LogP contribution in [0.25, 0.3) is 0 Å². The predicted octanol–water partition coefficient (Wildman–Crippen LogP) is 2.63. The fourth-order valence-electron chi connectivity index (χ4n) is 3.59. The first-order chi connectivity index (χ1) is 16.1. The Balaban J connectivity index is 2.93. The summed E-state index contributed by atoms with van der Waals surface area (Å²) in [5.41, 5.74) is -1.74. The number of nitriles is 2. The average molecular weight is 459 g/mol. The Morgan fingerprint density at radius 3 is 1.33 bits per heavy atom. The Kier molecular flexibility index (Phi) is 14.6. The van der Waals surface area contributed by atoms with Crippen molar-refractivity contribution in [2.75, 3.05) is 6.54 Å². The zero-order valence-electron chi connectivity index (χ0n) is 19.3. The highest BCUT2D eigenvalue weighted by Gasteiger charge is 2.15. The lowest BCUT2D eigenvalue weighted by molar-refractivity contribution is 0.413. The quantitative estimate of drug-likeness (QED) is 0.188. The highest BCUT2D eigenvalue weighted by Crippen LogP contribution is 2.04. The molecule has 0 aliphatic heterocycles. The topological polar surface area (TPSA) is 143 Å². The van der Waals surface area contributed by atoms with Crippen LogP contribution >= 0.6 is 0 Å². The van der Waals surface area contributed by atoms with E-state index in [-0.39, 0.29) is 19.6 Å². The first-order valence-corrected chi connectivity index (χ1v) is 11.8. The van der Waals surface area contributed by atoms with Crippen molar-refractivity contribution in [3.8, 4) is 12.1 Å². The number of isocyanates is 1. The second kappa shape index (κ2) is 17.3. The summed E-state index contributed by atoms with van der Waals surface area (Å²) in [6.07, 6.45) is 10.4. The molecule has 180 valence electrons. The predicted molar refractivity (Wildman–Crippen MR) is 123 cm³/mol. The van der Waals surface area contributed by atoms with Crippen LogP contribution in [-0.2, 0) is 24.4 Å². The second-order valence-electron chi connectivity index (χ2n) is 7.98. The fraction of sp³-hybridized carbons (Fsp3) is 0.739. The molecule has 0 aromatic carbocycles. The van der Waals surface area contributed by atoms with E-state index in [1.807, 2.05) is 0 Å². The van der Waals surface area contributed by atoms with Gasteiger partial charge in [-0.25, -0.2) is 37.9 Å².